The molecule has 0 unspecified atom stereocenters. The summed E-state index contributed by atoms with van der Waals surface area (Å²) >= 11 is 0. The molecule has 0 saturated heterocycles. The van der Waals surface area contributed by atoms with Gasteiger partial charge in [0.05, 0.1) is 21.3 Å². The van der Waals surface area contributed by atoms with Crippen LogP contribution in [0.3, 0.4) is 0 Å². The van der Waals surface area contributed by atoms with Crippen LogP contribution in [0, 0.1) is 5.92 Å². The molecule has 1 atom stereocenters. The Labute approximate surface area is 183 Å². The van der Waals surface area contributed by atoms with Crippen molar-refractivity contribution < 1.29 is 23.8 Å². The summed E-state index contributed by atoms with van der Waals surface area (Å²) in [6.45, 7) is 3.81. The standard InChI is InChI=1S/C24H30N2O5/c1-14(2)21(24(28)25-18-10-15-8-6-7-9-16(15)11-18)26-23(27)17-12-19(29-3)22(31-5)20(13-17)30-4/h6-9,12-14,18,21H,10-11H2,1-5H3,(H,25,28)(H,26,27)/t21-/m0/s1. The lowest BCUT2D eigenvalue weighted by Crippen LogP contribution is -2.52. The van der Waals surface area contributed by atoms with E-state index in [-0.39, 0.29) is 23.8 Å². The van der Waals surface area contributed by atoms with Gasteiger partial charge < -0.3 is 24.8 Å². The van der Waals surface area contributed by atoms with Crippen LogP contribution in [0.15, 0.2) is 36.4 Å². The fourth-order valence-electron chi connectivity index (χ4n) is 3.92. The highest BCUT2D eigenvalue weighted by molar-refractivity contribution is 5.98. The Bertz CT molecular complexity index is 907. The fraction of sp³-hybridized carbons (Fsp3) is 0.417. The lowest BCUT2D eigenvalue weighted by Gasteiger charge is -2.24. The van der Waals surface area contributed by atoms with E-state index < -0.39 is 6.04 Å². The Morgan fingerprint density at radius 3 is 1.94 bits per heavy atom. The first-order valence-electron chi connectivity index (χ1n) is 10.4. The number of carbonyl (C=O) groups is 2. The number of rotatable bonds is 8. The number of hydrogen-bond acceptors (Lipinski definition) is 5. The van der Waals surface area contributed by atoms with Gasteiger partial charge in [0.2, 0.25) is 11.7 Å². The van der Waals surface area contributed by atoms with E-state index in [2.05, 4.69) is 22.8 Å². The van der Waals surface area contributed by atoms with Gasteiger partial charge in [-0.1, -0.05) is 38.1 Å². The van der Waals surface area contributed by atoms with Gasteiger partial charge in [-0.05, 0) is 42.0 Å². The van der Waals surface area contributed by atoms with Crippen molar-refractivity contribution in [2.75, 3.05) is 21.3 Å². The van der Waals surface area contributed by atoms with E-state index in [1.807, 2.05) is 26.0 Å². The number of hydrogen-bond donors (Lipinski definition) is 2. The molecule has 0 aliphatic heterocycles. The third kappa shape index (κ3) is 4.93. The van der Waals surface area contributed by atoms with Crippen molar-refractivity contribution in [1.82, 2.24) is 10.6 Å². The quantitative estimate of drug-likeness (QED) is 0.678. The summed E-state index contributed by atoms with van der Waals surface area (Å²) in [5.74, 6) is 0.495. The minimum absolute atomic E-state index is 0.0317. The van der Waals surface area contributed by atoms with Crippen LogP contribution in [0.1, 0.15) is 35.3 Å². The van der Waals surface area contributed by atoms with Crippen LogP contribution in [-0.2, 0) is 17.6 Å². The predicted molar refractivity (Wildman–Crippen MR) is 118 cm³/mol. The molecule has 2 aromatic rings. The smallest absolute Gasteiger partial charge is 0.252 e. The molecule has 2 N–H and O–H groups in total. The molecule has 1 aliphatic carbocycles. The molecule has 0 spiro atoms. The van der Waals surface area contributed by atoms with E-state index in [4.69, 9.17) is 14.2 Å². The van der Waals surface area contributed by atoms with E-state index in [1.165, 1.54) is 32.5 Å². The second-order valence-corrected chi connectivity index (χ2v) is 7.99. The zero-order valence-electron chi connectivity index (χ0n) is 18.7. The van der Waals surface area contributed by atoms with Gasteiger partial charge in [-0.15, -0.1) is 0 Å². The maximum absolute atomic E-state index is 13.0. The first-order chi connectivity index (χ1) is 14.9. The Kier molecular flexibility index (Phi) is 7.05. The summed E-state index contributed by atoms with van der Waals surface area (Å²) in [6, 6.07) is 10.7. The van der Waals surface area contributed by atoms with Gasteiger partial charge in [0.15, 0.2) is 11.5 Å². The van der Waals surface area contributed by atoms with Crippen molar-refractivity contribution in [2.45, 2.75) is 38.8 Å². The third-order valence-electron chi connectivity index (χ3n) is 5.56. The number of nitrogens with one attached hydrogen (secondary N) is 2. The van der Waals surface area contributed by atoms with Gasteiger partial charge in [0.1, 0.15) is 6.04 Å². The van der Waals surface area contributed by atoms with Crippen LogP contribution in [0.2, 0.25) is 0 Å². The average Bonchev–Trinajstić information content (AvgIpc) is 3.17. The average molecular weight is 427 g/mol. The maximum Gasteiger partial charge on any atom is 0.252 e. The molecular weight excluding hydrogens is 396 g/mol. The number of amides is 2. The van der Waals surface area contributed by atoms with Crippen LogP contribution < -0.4 is 24.8 Å². The van der Waals surface area contributed by atoms with Crippen molar-refractivity contribution in [2.24, 2.45) is 5.92 Å². The zero-order valence-corrected chi connectivity index (χ0v) is 18.7. The Morgan fingerprint density at radius 2 is 1.48 bits per heavy atom. The monoisotopic (exact) mass is 426 g/mol. The van der Waals surface area contributed by atoms with Crippen LogP contribution >= 0.6 is 0 Å². The fourth-order valence-corrected chi connectivity index (χ4v) is 3.92. The summed E-state index contributed by atoms with van der Waals surface area (Å²) in [7, 11) is 4.48. The highest BCUT2D eigenvalue weighted by atomic mass is 16.5. The molecule has 31 heavy (non-hydrogen) atoms. The highest BCUT2D eigenvalue weighted by Gasteiger charge is 2.29. The minimum Gasteiger partial charge on any atom is -0.493 e. The molecule has 2 amide bonds. The van der Waals surface area contributed by atoms with E-state index in [0.29, 0.717) is 22.8 Å². The lowest BCUT2D eigenvalue weighted by molar-refractivity contribution is -0.124. The zero-order chi connectivity index (χ0) is 22.5. The van der Waals surface area contributed by atoms with E-state index in [1.54, 1.807) is 12.1 Å². The lowest BCUT2D eigenvalue weighted by atomic mass is 10.0. The minimum atomic E-state index is -0.671. The molecular formula is C24H30N2O5. The van der Waals surface area contributed by atoms with Crippen LogP contribution in [-0.4, -0.2) is 45.2 Å². The van der Waals surface area contributed by atoms with Gasteiger partial charge in [-0.3, -0.25) is 9.59 Å². The van der Waals surface area contributed by atoms with E-state index in [9.17, 15) is 9.59 Å². The first-order valence-corrected chi connectivity index (χ1v) is 10.4. The number of ether oxygens (including phenoxy) is 3. The summed E-state index contributed by atoms with van der Waals surface area (Å²) in [5, 5.41) is 5.97. The number of fused-ring (bicyclic) bond motifs is 1. The van der Waals surface area contributed by atoms with Crippen molar-refractivity contribution >= 4 is 11.8 Å². The molecule has 166 valence electrons. The van der Waals surface area contributed by atoms with Crippen molar-refractivity contribution in [3.05, 3.63) is 53.1 Å². The molecule has 7 nitrogen and oxygen atoms in total. The van der Waals surface area contributed by atoms with E-state index >= 15 is 0 Å². The number of benzene rings is 2. The van der Waals surface area contributed by atoms with E-state index in [0.717, 1.165) is 12.8 Å². The summed E-state index contributed by atoms with van der Waals surface area (Å²) in [5.41, 5.74) is 2.84. The van der Waals surface area contributed by atoms with Crippen molar-refractivity contribution in [1.29, 1.82) is 0 Å². The second kappa shape index (κ2) is 9.73. The molecule has 0 radical (unpaired) electrons. The molecule has 7 heteroatoms. The molecule has 0 bridgehead atoms. The number of carbonyl (C=O) groups excluding carboxylic acids is 2. The molecule has 0 fully saturated rings. The predicted octanol–water partition coefficient (Wildman–Crippen LogP) is 2.75. The SMILES string of the molecule is COc1cc(C(=O)N[C@H](C(=O)NC2Cc3ccccc3C2)C(C)C)cc(OC)c1OC. The maximum atomic E-state index is 13.0. The van der Waals surface area contributed by atoms with Gasteiger partial charge >= 0.3 is 0 Å². The van der Waals surface area contributed by atoms with Gasteiger partial charge in [-0.25, -0.2) is 0 Å². The Balaban J connectivity index is 1.73. The van der Waals surface area contributed by atoms with Gasteiger partial charge in [0, 0.05) is 11.6 Å². The van der Waals surface area contributed by atoms with Crippen molar-refractivity contribution in [3.63, 3.8) is 0 Å². The topological polar surface area (TPSA) is 85.9 Å². The summed E-state index contributed by atoms with van der Waals surface area (Å²) in [4.78, 5) is 26.0. The summed E-state index contributed by atoms with van der Waals surface area (Å²) < 4.78 is 16.0. The molecule has 0 heterocycles. The molecule has 0 saturated carbocycles. The largest absolute Gasteiger partial charge is 0.493 e. The highest BCUT2D eigenvalue weighted by Crippen LogP contribution is 2.38. The van der Waals surface area contributed by atoms with Gasteiger partial charge in [-0.2, -0.15) is 0 Å². The third-order valence-corrected chi connectivity index (χ3v) is 5.56. The van der Waals surface area contributed by atoms with Crippen LogP contribution in [0.4, 0.5) is 0 Å². The van der Waals surface area contributed by atoms with Gasteiger partial charge in [0.25, 0.3) is 5.91 Å². The Hall–Kier alpha value is -3.22. The van der Waals surface area contributed by atoms with Crippen LogP contribution in [0.25, 0.3) is 0 Å². The molecule has 3 rings (SSSR count). The molecule has 0 aromatic heterocycles. The Morgan fingerprint density at radius 1 is 0.935 bits per heavy atom. The van der Waals surface area contributed by atoms with Crippen molar-refractivity contribution in [3.8, 4) is 17.2 Å². The molecule has 2 aromatic carbocycles. The normalized spacial score (nSPS) is 14.0. The number of methoxy groups -OCH3 is 3. The van der Waals surface area contributed by atoms with Crippen LogP contribution in [0.5, 0.6) is 17.2 Å². The second-order valence-electron chi connectivity index (χ2n) is 7.99. The molecule has 1 aliphatic rings. The summed E-state index contributed by atoms with van der Waals surface area (Å²) in [6.07, 6.45) is 1.60. The first kappa shape index (κ1) is 22.5.